The average molecular weight is 309 g/mol. The molecule has 6 heteroatoms. The normalized spacial score (nSPS) is 17.0. The zero-order valence-corrected chi connectivity index (χ0v) is 13.0. The van der Waals surface area contributed by atoms with Crippen LogP contribution in [0.2, 0.25) is 0 Å². The Bertz CT molecular complexity index is 553. The third kappa shape index (κ3) is 3.32. The minimum atomic E-state index is -1.15. The largest absolute Gasteiger partial charge is 0.496 e. The highest BCUT2D eigenvalue weighted by molar-refractivity contribution is 7.99. The van der Waals surface area contributed by atoms with Crippen molar-refractivity contribution in [3.05, 3.63) is 29.3 Å². The molecule has 1 fully saturated rings. The number of carbonyl (C=O) groups is 2. The molecule has 2 N–H and O–H groups in total. The second-order valence-electron chi connectivity index (χ2n) is 5.14. The van der Waals surface area contributed by atoms with Gasteiger partial charge in [0.1, 0.15) is 11.3 Å². The van der Waals surface area contributed by atoms with E-state index in [-0.39, 0.29) is 5.91 Å². The van der Waals surface area contributed by atoms with Crippen LogP contribution in [0.25, 0.3) is 0 Å². The van der Waals surface area contributed by atoms with Gasteiger partial charge < -0.3 is 15.2 Å². The van der Waals surface area contributed by atoms with E-state index in [9.17, 15) is 14.7 Å². The van der Waals surface area contributed by atoms with Crippen LogP contribution >= 0.6 is 11.8 Å². The Labute approximate surface area is 128 Å². The molecule has 0 bridgehead atoms. The van der Waals surface area contributed by atoms with E-state index in [1.807, 2.05) is 6.92 Å². The number of methoxy groups -OCH3 is 1. The summed E-state index contributed by atoms with van der Waals surface area (Å²) in [5, 5.41) is 12.2. The molecule has 1 aromatic carbocycles. The van der Waals surface area contributed by atoms with Crippen LogP contribution in [0.4, 0.5) is 0 Å². The summed E-state index contributed by atoms with van der Waals surface area (Å²) < 4.78 is 5.20. The highest BCUT2D eigenvalue weighted by Crippen LogP contribution is 2.28. The number of rotatable bonds is 4. The molecule has 1 amide bonds. The summed E-state index contributed by atoms with van der Waals surface area (Å²) in [6, 6.07) is 5.11. The van der Waals surface area contributed by atoms with Crippen LogP contribution in [0, 0.1) is 6.92 Å². The number of aryl methyl sites for hydroxylation is 1. The van der Waals surface area contributed by atoms with Gasteiger partial charge in [0.15, 0.2) is 0 Å². The van der Waals surface area contributed by atoms with Crippen molar-refractivity contribution < 1.29 is 19.4 Å². The number of carboxylic acids is 1. The van der Waals surface area contributed by atoms with Crippen molar-refractivity contribution in [3.8, 4) is 5.75 Å². The molecule has 0 atom stereocenters. The molecule has 21 heavy (non-hydrogen) atoms. The number of hydrogen-bond donors (Lipinski definition) is 2. The van der Waals surface area contributed by atoms with E-state index in [1.54, 1.807) is 37.1 Å². The summed E-state index contributed by atoms with van der Waals surface area (Å²) in [4.78, 5) is 23.9. The Hall–Kier alpha value is -1.69. The van der Waals surface area contributed by atoms with Gasteiger partial charge in [0.2, 0.25) is 0 Å². The van der Waals surface area contributed by atoms with Crippen molar-refractivity contribution in [1.82, 2.24) is 5.32 Å². The maximum atomic E-state index is 12.4. The number of carbonyl (C=O) groups excluding carboxylic acids is 1. The van der Waals surface area contributed by atoms with E-state index in [0.29, 0.717) is 24.2 Å². The molecule has 0 aromatic heterocycles. The standard InChI is InChI=1S/C15H19NO4S/c1-10-3-4-11(9-12(10)20-2)13(17)16-15(14(18)19)5-7-21-8-6-15/h3-4,9H,5-8H2,1-2H3,(H,16,17)(H,18,19). The number of benzene rings is 1. The lowest BCUT2D eigenvalue weighted by molar-refractivity contribution is -0.144. The van der Waals surface area contributed by atoms with E-state index in [0.717, 1.165) is 17.1 Å². The molecule has 1 heterocycles. The molecule has 1 saturated heterocycles. The molecule has 1 aliphatic rings. The molecule has 1 aliphatic heterocycles. The van der Waals surface area contributed by atoms with Crippen molar-refractivity contribution in [2.75, 3.05) is 18.6 Å². The molecule has 0 saturated carbocycles. The van der Waals surface area contributed by atoms with E-state index in [1.165, 1.54) is 0 Å². The molecule has 114 valence electrons. The smallest absolute Gasteiger partial charge is 0.329 e. The summed E-state index contributed by atoms with van der Waals surface area (Å²) in [6.07, 6.45) is 0.892. The van der Waals surface area contributed by atoms with E-state index >= 15 is 0 Å². The SMILES string of the molecule is COc1cc(C(=O)NC2(C(=O)O)CCSCC2)ccc1C. The first-order valence-electron chi connectivity index (χ1n) is 6.77. The number of hydrogen-bond acceptors (Lipinski definition) is 4. The first kappa shape index (κ1) is 15.7. The zero-order chi connectivity index (χ0) is 15.5. The quantitative estimate of drug-likeness (QED) is 0.890. The Morgan fingerprint density at radius 2 is 2.00 bits per heavy atom. The van der Waals surface area contributed by atoms with Crippen molar-refractivity contribution in [2.24, 2.45) is 0 Å². The van der Waals surface area contributed by atoms with Gasteiger partial charge in [-0.25, -0.2) is 4.79 Å². The van der Waals surface area contributed by atoms with Crippen molar-refractivity contribution in [2.45, 2.75) is 25.3 Å². The topological polar surface area (TPSA) is 75.6 Å². The molecule has 2 rings (SSSR count). The fourth-order valence-electron chi connectivity index (χ4n) is 2.36. The van der Waals surface area contributed by atoms with Crippen LogP contribution in [0.3, 0.4) is 0 Å². The molecule has 1 aromatic rings. The van der Waals surface area contributed by atoms with Gasteiger partial charge in [-0.3, -0.25) is 4.79 Å². The van der Waals surface area contributed by atoms with Crippen LogP contribution < -0.4 is 10.1 Å². The molecule has 0 aliphatic carbocycles. The van der Waals surface area contributed by atoms with Gasteiger partial charge in [0.25, 0.3) is 5.91 Å². The minimum Gasteiger partial charge on any atom is -0.496 e. The van der Waals surface area contributed by atoms with Crippen molar-refractivity contribution >= 4 is 23.6 Å². The number of ether oxygens (including phenoxy) is 1. The monoisotopic (exact) mass is 309 g/mol. The van der Waals surface area contributed by atoms with Crippen molar-refractivity contribution in [3.63, 3.8) is 0 Å². The Kier molecular flexibility index (Phi) is 4.77. The third-order valence-corrected chi connectivity index (χ3v) is 4.76. The summed E-state index contributed by atoms with van der Waals surface area (Å²) >= 11 is 1.71. The van der Waals surface area contributed by atoms with Gasteiger partial charge in [-0.1, -0.05) is 6.07 Å². The molecule has 0 unspecified atom stereocenters. The van der Waals surface area contributed by atoms with Gasteiger partial charge >= 0.3 is 5.97 Å². The van der Waals surface area contributed by atoms with E-state index in [2.05, 4.69) is 5.32 Å². The lowest BCUT2D eigenvalue weighted by Gasteiger charge is -2.33. The molecule has 5 nitrogen and oxygen atoms in total. The predicted octanol–water partition coefficient (Wildman–Crippen LogP) is 2.08. The van der Waals surface area contributed by atoms with Crippen LogP contribution in [0.5, 0.6) is 5.75 Å². The number of thioether (sulfide) groups is 1. The van der Waals surface area contributed by atoms with Gasteiger partial charge in [0, 0.05) is 5.56 Å². The van der Waals surface area contributed by atoms with Gasteiger partial charge in [-0.2, -0.15) is 11.8 Å². The molecular formula is C15H19NO4S. The lowest BCUT2D eigenvalue weighted by Crippen LogP contribution is -2.56. The number of carboxylic acid groups (broad SMARTS) is 1. The van der Waals surface area contributed by atoms with Crippen molar-refractivity contribution in [1.29, 1.82) is 0 Å². The Morgan fingerprint density at radius 1 is 1.33 bits per heavy atom. The Morgan fingerprint density at radius 3 is 2.57 bits per heavy atom. The first-order valence-corrected chi connectivity index (χ1v) is 7.92. The highest BCUT2D eigenvalue weighted by Gasteiger charge is 2.41. The lowest BCUT2D eigenvalue weighted by atomic mass is 9.91. The minimum absolute atomic E-state index is 0.373. The molecule has 0 spiro atoms. The molecule has 0 radical (unpaired) electrons. The fraction of sp³-hybridized carbons (Fsp3) is 0.467. The number of amides is 1. The van der Waals surface area contributed by atoms with Crippen LogP contribution in [-0.4, -0.2) is 41.1 Å². The summed E-state index contributed by atoms with van der Waals surface area (Å²) in [5.41, 5.74) is 0.188. The number of aliphatic carboxylic acids is 1. The van der Waals surface area contributed by atoms with Gasteiger partial charge in [-0.15, -0.1) is 0 Å². The summed E-state index contributed by atoms with van der Waals surface area (Å²) in [5.74, 6) is 0.761. The fourth-order valence-corrected chi connectivity index (χ4v) is 3.55. The van der Waals surface area contributed by atoms with Gasteiger partial charge in [0.05, 0.1) is 7.11 Å². The van der Waals surface area contributed by atoms with E-state index in [4.69, 9.17) is 4.74 Å². The van der Waals surface area contributed by atoms with Crippen LogP contribution in [-0.2, 0) is 4.79 Å². The van der Waals surface area contributed by atoms with Crippen LogP contribution in [0.15, 0.2) is 18.2 Å². The highest BCUT2D eigenvalue weighted by atomic mass is 32.2. The third-order valence-electron chi connectivity index (χ3n) is 3.78. The zero-order valence-electron chi connectivity index (χ0n) is 12.1. The maximum Gasteiger partial charge on any atom is 0.329 e. The predicted molar refractivity (Wildman–Crippen MR) is 82.1 cm³/mol. The second-order valence-corrected chi connectivity index (χ2v) is 6.36. The summed E-state index contributed by atoms with van der Waals surface area (Å²) in [7, 11) is 1.54. The van der Waals surface area contributed by atoms with Crippen LogP contribution in [0.1, 0.15) is 28.8 Å². The number of nitrogens with one attached hydrogen (secondary N) is 1. The average Bonchev–Trinajstić information content (AvgIpc) is 2.48. The second kappa shape index (κ2) is 6.39. The maximum absolute atomic E-state index is 12.4. The molecular weight excluding hydrogens is 290 g/mol. The first-order chi connectivity index (χ1) is 9.98. The van der Waals surface area contributed by atoms with Gasteiger partial charge in [-0.05, 0) is 49.0 Å². The summed E-state index contributed by atoms with van der Waals surface area (Å²) in [6.45, 7) is 1.89. The van der Waals surface area contributed by atoms with E-state index < -0.39 is 11.5 Å². The Balaban J connectivity index is 2.21.